The van der Waals surface area contributed by atoms with Gasteiger partial charge in [-0.1, -0.05) is 17.7 Å². The lowest BCUT2D eigenvalue weighted by molar-refractivity contribution is -0.145. The van der Waals surface area contributed by atoms with E-state index in [1.807, 2.05) is 0 Å². The predicted molar refractivity (Wildman–Crippen MR) is 54.0 cm³/mol. The van der Waals surface area contributed by atoms with Crippen molar-refractivity contribution >= 4 is 23.5 Å². The first kappa shape index (κ1) is 12.4. The van der Waals surface area contributed by atoms with Crippen LogP contribution < -0.4 is 0 Å². The summed E-state index contributed by atoms with van der Waals surface area (Å²) in [6.07, 6.45) is -0.572. The third-order valence-corrected chi connectivity index (χ3v) is 2.31. The molecule has 1 atom stereocenters. The molecule has 4 nitrogen and oxygen atoms in total. The van der Waals surface area contributed by atoms with E-state index in [2.05, 4.69) is 0 Å². The molecule has 0 heterocycles. The molecule has 1 aromatic rings. The molecule has 16 heavy (non-hydrogen) atoms. The normalized spacial score (nSPS) is 12.1. The highest BCUT2D eigenvalue weighted by Crippen LogP contribution is 2.24. The third kappa shape index (κ3) is 2.93. The van der Waals surface area contributed by atoms with Crippen molar-refractivity contribution in [2.75, 3.05) is 0 Å². The third-order valence-electron chi connectivity index (χ3n) is 2.02. The molecule has 0 aliphatic rings. The standard InChI is InChI=1S/C10H8ClFO4/c11-7-3-5(1-2-8(7)12)6(10(15)16)4-9(13)14/h1-3,6H,4H2,(H,13,14)(H,15,16). The van der Waals surface area contributed by atoms with Crippen molar-refractivity contribution in [3.05, 3.63) is 34.6 Å². The molecule has 0 fully saturated rings. The second kappa shape index (κ2) is 4.94. The monoisotopic (exact) mass is 246 g/mol. The van der Waals surface area contributed by atoms with Gasteiger partial charge in [-0.2, -0.15) is 0 Å². The average Bonchev–Trinajstić information content (AvgIpc) is 2.18. The van der Waals surface area contributed by atoms with Gasteiger partial charge in [0.2, 0.25) is 0 Å². The van der Waals surface area contributed by atoms with Crippen molar-refractivity contribution in [3.63, 3.8) is 0 Å². The molecule has 1 rings (SSSR count). The zero-order valence-corrected chi connectivity index (χ0v) is 8.74. The molecule has 0 saturated heterocycles. The minimum atomic E-state index is -1.29. The first-order valence-electron chi connectivity index (χ1n) is 4.31. The molecular weight excluding hydrogens is 239 g/mol. The SMILES string of the molecule is O=C(O)CC(C(=O)O)c1ccc(F)c(Cl)c1. The van der Waals surface area contributed by atoms with Gasteiger partial charge in [-0.3, -0.25) is 9.59 Å². The van der Waals surface area contributed by atoms with Gasteiger partial charge in [0.15, 0.2) is 0 Å². The maximum atomic E-state index is 12.8. The molecule has 0 radical (unpaired) electrons. The number of rotatable bonds is 4. The van der Waals surface area contributed by atoms with E-state index in [1.165, 1.54) is 6.07 Å². The number of carboxylic acid groups (broad SMARTS) is 2. The quantitative estimate of drug-likeness (QED) is 0.853. The van der Waals surface area contributed by atoms with Gasteiger partial charge in [-0.15, -0.1) is 0 Å². The molecule has 0 aliphatic carbocycles. The lowest BCUT2D eigenvalue weighted by Crippen LogP contribution is -2.15. The van der Waals surface area contributed by atoms with E-state index in [0.717, 1.165) is 12.1 Å². The maximum absolute atomic E-state index is 12.8. The van der Waals surface area contributed by atoms with Crippen molar-refractivity contribution in [1.82, 2.24) is 0 Å². The average molecular weight is 247 g/mol. The Morgan fingerprint density at radius 1 is 1.38 bits per heavy atom. The number of carbonyl (C=O) groups is 2. The van der Waals surface area contributed by atoms with Crippen LogP contribution in [0.15, 0.2) is 18.2 Å². The van der Waals surface area contributed by atoms with Crippen LogP contribution in [0, 0.1) is 5.82 Å². The van der Waals surface area contributed by atoms with Crippen LogP contribution in [0.4, 0.5) is 4.39 Å². The van der Waals surface area contributed by atoms with Crippen LogP contribution in [-0.2, 0) is 9.59 Å². The van der Waals surface area contributed by atoms with Gasteiger partial charge < -0.3 is 10.2 Å². The van der Waals surface area contributed by atoms with Gasteiger partial charge in [0.05, 0.1) is 17.4 Å². The minimum Gasteiger partial charge on any atom is -0.481 e. The van der Waals surface area contributed by atoms with Crippen LogP contribution in [-0.4, -0.2) is 22.2 Å². The van der Waals surface area contributed by atoms with Gasteiger partial charge in [-0.05, 0) is 17.7 Å². The zero-order chi connectivity index (χ0) is 12.3. The van der Waals surface area contributed by atoms with Gasteiger partial charge >= 0.3 is 11.9 Å². The topological polar surface area (TPSA) is 74.6 Å². The highest BCUT2D eigenvalue weighted by Gasteiger charge is 2.23. The van der Waals surface area contributed by atoms with Gasteiger partial charge in [-0.25, -0.2) is 4.39 Å². The number of hydrogen-bond acceptors (Lipinski definition) is 2. The van der Waals surface area contributed by atoms with Crippen molar-refractivity contribution in [3.8, 4) is 0 Å². The Kier molecular flexibility index (Phi) is 3.84. The Balaban J connectivity index is 3.06. The van der Waals surface area contributed by atoms with Crippen LogP contribution in [0.5, 0.6) is 0 Å². The summed E-state index contributed by atoms with van der Waals surface area (Å²) in [6, 6.07) is 3.34. The van der Waals surface area contributed by atoms with E-state index in [9.17, 15) is 14.0 Å². The first-order chi connectivity index (χ1) is 7.41. The fraction of sp³-hybridized carbons (Fsp3) is 0.200. The molecule has 6 heteroatoms. The summed E-state index contributed by atoms with van der Waals surface area (Å²) in [5.74, 6) is -4.43. The van der Waals surface area contributed by atoms with Gasteiger partial charge in [0, 0.05) is 0 Å². The van der Waals surface area contributed by atoms with Crippen molar-refractivity contribution in [2.24, 2.45) is 0 Å². The van der Waals surface area contributed by atoms with Crippen molar-refractivity contribution in [2.45, 2.75) is 12.3 Å². The van der Waals surface area contributed by atoms with E-state index < -0.39 is 30.1 Å². The van der Waals surface area contributed by atoms with Crippen LogP contribution in [0.1, 0.15) is 17.9 Å². The van der Waals surface area contributed by atoms with Crippen molar-refractivity contribution in [1.29, 1.82) is 0 Å². The molecule has 2 N–H and O–H groups in total. The van der Waals surface area contributed by atoms with Crippen LogP contribution in [0.3, 0.4) is 0 Å². The van der Waals surface area contributed by atoms with E-state index >= 15 is 0 Å². The van der Waals surface area contributed by atoms with Crippen LogP contribution in [0.2, 0.25) is 5.02 Å². The summed E-state index contributed by atoms with van der Waals surface area (Å²) in [5, 5.41) is 17.2. The molecule has 86 valence electrons. The number of carboxylic acids is 2. The number of halogens is 2. The Hall–Kier alpha value is -1.62. The van der Waals surface area contributed by atoms with Crippen LogP contribution >= 0.6 is 11.6 Å². The lowest BCUT2D eigenvalue weighted by Gasteiger charge is -2.10. The summed E-state index contributed by atoms with van der Waals surface area (Å²) in [7, 11) is 0. The molecule has 0 bridgehead atoms. The summed E-state index contributed by atoms with van der Waals surface area (Å²) >= 11 is 5.48. The largest absolute Gasteiger partial charge is 0.481 e. The minimum absolute atomic E-state index is 0.168. The predicted octanol–water partition coefficient (Wildman–Crippen LogP) is 2.12. The Morgan fingerprint density at radius 3 is 2.44 bits per heavy atom. The van der Waals surface area contributed by atoms with Gasteiger partial charge in [0.25, 0.3) is 0 Å². The molecular formula is C10H8ClFO4. The van der Waals surface area contributed by atoms with E-state index in [4.69, 9.17) is 21.8 Å². The molecule has 0 amide bonds. The Labute approximate surface area is 95.3 Å². The molecule has 0 spiro atoms. The number of hydrogen-bond donors (Lipinski definition) is 2. The first-order valence-corrected chi connectivity index (χ1v) is 4.69. The maximum Gasteiger partial charge on any atom is 0.311 e. The molecule has 0 aromatic heterocycles. The summed E-state index contributed by atoms with van der Waals surface area (Å²) < 4.78 is 12.8. The molecule has 0 saturated carbocycles. The van der Waals surface area contributed by atoms with E-state index in [0.29, 0.717) is 0 Å². The Morgan fingerprint density at radius 2 is 2.00 bits per heavy atom. The van der Waals surface area contributed by atoms with Crippen molar-refractivity contribution < 1.29 is 24.2 Å². The molecule has 0 aliphatic heterocycles. The fourth-order valence-electron chi connectivity index (χ4n) is 1.25. The second-order valence-electron chi connectivity index (χ2n) is 3.16. The van der Waals surface area contributed by atoms with E-state index in [-0.39, 0.29) is 10.6 Å². The summed E-state index contributed by atoms with van der Waals surface area (Å²) in [5.41, 5.74) is 0.168. The lowest BCUT2D eigenvalue weighted by atomic mass is 9.96. The second-order valence-corrected chi connectivity index (χ2v) is 3.57. The highest BCUT2D eigenvalue weighted by molar-refractivity contribution is 6.30. The number of benzene rings is 1. The number of aliphatic carboxylic acids is 2. The zero-order valence-electron chi connectivity index (χ0n) is 7.98. The Bertz CT molecular complexity index is 433. The smallest absolute Gasteiger partial charge is 0.311 e. The van der Waals surface area contributed by atoms with E-state index in [1.54, 1.807) is 0 Å². The fourth-order valence-corrected chi connectivity index (χ4v) is 1.44. The highest BCUT2D eigenvalue weighted by atomic mass is 35.5. The van der Waals surface area contributed by atoms with Gasteiger partial charge in [0.1, 0.15) is 5.82 Å². The summed E-state index contributed by atoms with van der Waals surface area (Å²) in [4.78, 5) is 21.3. The summed E-state index contributed by atoms with van der Waals surface area (Å²) in [6.45, 7) is 0. The molecule has 1 unspecified atom stereocenters. The van der Waals surface area contributed by atoms with Crippen LogP contribution in [0.25, 0.3) is 0 Å². The molecule has 1 aromatic carbocycles.